The highest BCUT2D eigenvalue weighted by molar-refractivity contribution is 7.81. The van der Waals surface area contributed by atoms with Crippen LogP contribution in [-0.2, 0) is 58.4 Å². The summed E-state index contributed by atoms with van der Waals surface area (Å²) in [5.74, 6) is -1.73. The first-order valence-corrected chi connectivity index (χ1v) is 42.6. The van der Waals surface area contributed by atoms with Crippen molar-refractivity contribution < 1.29 is 49.2 Å². The maximum absolute atomic E-state index is 18.2. The van der Waals surface area contributed by atoms with Gasteiger partial charge in [0, 0.05) is 37.5 Å². The number of aryl methyl sites for hydroxylation is 8. The average molecular weight is 1640 g/mol. The standard InChI is InChI=1S/C94H124N2O4S4.2H3O3P/c1-52-35-70(68(86(9,10)11)43-60(52)64-47-74(90(21,22)23)80(101)39-56(64)5)94(51-98,71-36-53(2)61(44-69(71)87(12,13)14)65-48-75(91(24,25)26)81(102)40-57(65)6)96(79-38-55(4)63(46-73(79)89(18,19)20)67-50-77(93(30,31)32)83(104)42-59(67)8)85(100)84(99)95(33-34-97)78-37-54(3)62(45-72(78)88(15,16)17)66-49-76(92(27,28)29)82(103)41-58(66)7;2*1-4(2)3/h35-50,97-98,101-104H,33-34,51H2,1-32H3;2*1-3H. The van der Waals surface area contributed by atoms with E-state index in [1.165, 1.54) is 4.90 Å². The van der Waals surface area contributed by atoms with Crippen molar-refractivity contribution in [2.45, 2.75) is 290 Å². The maximum atomic E-state index is 18.2. The van der Waals surface area contributed by atoms with Gasteiger partial charge in [-0.25, -0.2) is 0 Å². The first kappa shape index (κ1) is 95.5. The number of thiol groups is 4. The highest BCUT2D eigenvalue weighted by atomic mass is 32.1. The molecule has 0 bridgehead atoms. The van der Waals surface area contributed by atoms with Gasteiger partial charge in [-0.3, -0.25) is 14.5 Å². The van der Waals surface area contributed by atoms with Crippen LogP contribution in [0.15, 0.2) is 117 Å². The number of hydrogen-bond acceptors (Lipinski definition) is 14. The molecule has 0 aliphatic rings. The first-order chi connectivity index (χ1) is 50.8. The molecular weight excluding hydrogens is 1510 g/mol. The van der Waals surface area contributed by atoms with E-state index in [0.717, 1.165) is 153 Å². The maximum Gasteiger partial charge on any atom is 0.324 e. The van der Waals surface area contributed by atoms with E-state index < -0.39 is 69.4 Å². The van der Waals surface area contributed by atoms with E-state index in [9.17, 15) is 10.2 Å². The zero-order valence-electron chi connectivity index (χ0n) is 72.8. The highest BCUT2D eigenvalue weighted by Crippen LogP contribution is 2.54. The fourth-order valence-corrected chi connectivity index (χ4v) is 18.0. The predicted molar refractivity (Wildman–Crippen MR) is 486 cm³/mol. The number of amides is 2. The van der Waals surface area contributed by atoms with Crippen LogP contribution in [0.25, 0.3) is 44.5 Å². The topological polar surface area (TPSA) is 202 Å². The zero-order chi connectivity index (χ0) is 85.9. The second kappa shape index (κ2) is 35.1. The Morgan fingerprint density at radius 3 is 0.705 bits per heavy atom. The van der Waals surface area contributed by atoms with Crippen LogP contribution in [-0.4, -0.2) is 71.1 Å². The van der Waals surface area contributed by atoms with E-state index in [4.69, 9.17) is 79.9 Å². The number of anilines is 2. The third kappa shape index (κ3) is 21.1. The van der Waals surface area contributed by atoms with Gasteiger partial charge in [0.1, 0.15) is 5.54 Å². The Bertz CT molecular complexity index is 4700. The lowest BCUT2D eigenvalue weighted by Gasteiger charge is -2.49. The Kier molecular flexibility index (Phi) is 29.9. The minimum atomic E-state index is -2.62. The van der Waals surface area contributed by atoms with Gasteiger partial charge >= 0.3 is 29.0 Å². The molecule has 12 nitrogen and oxygen atoms in total. The number of rotatable bonds is 12. The lowest BCUT2D eigenvalue weighted by Crippen LogP contribution is -2.59. The second-order valence-corrected chi connectivity index (χ2v) is 41.9. The largest absolute Gasteiger partial charge is 0.395 e. The van der Waals surface area contributed by atoms with Crippen LogP contribution in [0.3, 0.4) is 0 Å². The number of aliphatic hydroxyl groups excluding tert-OH is 2. The van der Waals surface area contributed by atoms with Gasteiger partial charge in [-0.2, -0.15) is 0 Å². The summed E-state index contributed by atoms with van der Waals surface area (Å²) in [6.45, 7) is 68.3. The van der Waals surface area contributed by atoms with Crippen molar-refractivity contribution in [2.24, 2.45) is 0 Å². The predicted octanol–water partition coefficient (Wildman–Crippen LogP) is 23.0. The lowest BCUT2D eigenvalue weighted by molar-refractivity contribution is -0.137. The second-order valence-electron chi connectivity index (χ2n) is 38.9. The molecule has 8 aromatic rings. The molecule has 0 aromatic heterocycles. The van der Waals surface area contributed by atoms with E-state index in [1.54, 1.807) is 4.90 Å². The summed E-state index contributed by atoms with van der Waals surface area (Å²) in [5.41, 5.74) is 20.7. The number of carbonyl (C=O) groups excluding carboxylic acids is 2. The summed E-state index contributed by atoms with van der Waals surface area (Å²) < 4.78 is 0. The minimum absolute atomic E-state index is 0.205. The summed E-state index contributed by atoms with van der Waals surface area (Å²) in [6, 6.07) is 35.4. The third-order valence-corrected chi connectivity index (χ3v) is 22.9. The molecule has 2 amide bonds. The summed E-state index contributed by atoms with van der Waals surface area (Å²) in [5, 5.41) is 25.8. The Morgan fingerprint density at radius 2 is 0.482 bits per heavy atom. The van der Waals surface area contributed by atoms with Crippen molar-refractivity contribution in [1.29, 1.82) is 0 Å². The van der Waals surface area contributed by atoms with Gasteiger partial charge < -0.3 is 44.5 Å². The fraction of sp³-hybridized carbons (Fsp3) is 0.468. The van der Waals surface area contributed by atoms with E-state index in [2.05, 4.69) is 313 Å². The Hall–Kier alpha value is -5.36. The minimum Gasteiger partial charge on any atom is -0.395 e. The Labute approximate surface area is 696 Å². The van der Waals surface area contributed by atoms with E-state index in [-0.39, 0.29) is 28.2 Å². The van der Waals surface area contributed by atoms with Crippen molar-refractivity contribution in [2.75, 3.05) is 29.6 Å². The van der Waals surface area contributed by atoms with Crippen molar-refractivity contribution in [3.8, 4) is 44.5 Å². The van der Waals surface area contributed by atoms with Gasteiger partial charge in [0.15, 0.2) is 0 Å². The van der Waals surface area contributed by atoms with Crippen molar-refractivity contribution in [1.82, 2.24) is 0 Å². The molecule has 8 rings (SSSR count). The molecule has 0 atom stereocenters. The summed E-state index contributed by atoms with van der Waals surface area (Å²) in [6.07, 6.45) is 0. The van der Waals surface area contributed by atoms with E-state index >= 15 is 9.59 Å². The lowest BCUT2D eigenvalue weighted by atomic mass is 9.67. The number of hydrogen-bond donors (Lipinski definition) is 12. The van der Waals surface area contributed by atoms with E-state index in [0.29, 0.717) is 22.5 Å². The monoisotopic (exact) mass is 1640 g/mol. The molecule has 0 saturated carbocycles. The molecule has 0 radical (unpaired) electrons. The van der Waals surface area contributed by atoms with Gasteiger partial charge in [-0.15, -0.1) is 50.5 Å². The van der Waals surface area contributed by atoms with Crippen LogP contribution in [0.4, 0.5) is 11.4 Å². The number of carbonyl (C=O) groups is 2. The zero-order valence-corrected chi connectivity index (χ0v) is 78.2. The average Bonchev–Trinajstić information content (AvgIpc) is 0.699. The molecule has 18 heteroatoms. The van der Waals surface area contributed by atoms with E-state index in [1.807, 2.05) is 6.07 Å². The molecular formula is C94H130N2O10P2S4. The van der Waals surface area contributed by atoms with Crippen LogP contribution in [0.2, 0.25) is 0 Å². The smallest absolute Gasteiger partial charge is 0.324 e. The van der Waals surface area contributed by atoms with Crippen molar-refractivity contribution >= 4 is 90.9 Å². The summed E-state index contributed by atoms with van der Waals surface area (Å²) in [4.78, 5) is 86.0. The molecule has 112 heavy (non-hydrogen) atoms. The quantitative estimate of drug-likeness (QED) is 0.0317. The molecule has 0 aliphatic heterocycles. The Morgan fingerprint density at radius 1 is 0.286 bits per heavy atom. The van der Waals surface area contributed by atoms with Crippen molar-refractivity contribution in [3.63, 3.8) is 0 Å². The summed E-state index contributed by atoms with van der Waals surface area (Å²) in [7, 11) is -5.24. The molecule has 0 fully saturated rings. The van der Waals surface area contributed by atoms with Crippen LogP contribution >= 0.6 is 67.7 Å². The normalized spacial score (nSPS) is 12.8. The van der Waals surface area contributed by atoms with Gasteiger partial charge in [-0.05, 0) is 328 Å². The van der Waals surface area contributed by atoms with Crippen molar-refractivity contribution in [3.05, 3.63) is 197 Å². The van der Waals surface area contributed by atoms with Gasteiger partial charge in [0.25, 0.3) is 0 Å². The molecule has 0 saturated heterocycles. The summed E-state index contributed by atoms with van der Waals surface area (Å²) >= 11 is 20.3. The molecule has 0 heterocycles. The molecule has 610 valence electrons. The number of benzene rings is 8. The fourth-order valence-electron chi connectivity index (χ4n) is 15.6. The van der Waals surface area contributed by atoms with Crippen LogP contribution in [0.5, 0.6) is 0 Å². The SMILES string of the molecule is Cc1cc(S)c(C(C)(C)C)cc1-c1cc(C(C)(C)C)c(N(CCO)C(=O)C(=O)N(c2cc(C)c(-c3cc(C(C)(C)C)c(S)cc3C)cc2C(C)(C)C)C(CO)(c2cc(C)c(-c3cc(C(C)(C)C)c(S)cc3C)cc2C(C)(C)C)c2cc(C)c(-c3cc(C(C)(C)C)c(S)cc3C)cc2C(C)(C)C)cc1C.OP(O)O.OP(O)O. The van der Waals surface area contributed by atoms with Crippen LogP contribution in [0.1, 0.15) is 266 Å². The van der Waals surface area contributed by atoms with Gasteiger partial charge in [0.05, 0.1) is 13.2 Å². The molecule has 8 N–H and O–H groups in total. The molecule has 0 aliphatic carbocycles. The molecule has 8 aromatic carbocycles. The first-order valence-electron chi connectivity index (χ1n) is 38.4. The van der Waals surface area contributed by atoms with Gasteiger partial charge in [-0.1, -0.05) is 178 Å². The van der Waals surface area contributed by atoms with Crippen LogP contribution < -0.4 is 9.80 Å². The van der Waals surface area contributed by atoms with Gasteiger partial charge in [0.2, 0.25) is 0 Å². The number of nitrogens with zero attached hydrogens (tertiary/aromatic N) is 2. The molecule has 0 unspecified atom stereocenters. The number of aliphatic hydroxyl groups is 2. The third-order valence-electron chi connectivity index (χ3n) is 21.4. The highest BCUT2D eigenvalue weighted by Gasteiger charge is 2.53. The Balaban J connectivity index is 0.00000233. The van der Waals surface area contributed by atoms with Crippen LogP contribution in [0, 0.1) is 55.4 Å². The molecule has 0 spiro atoms.